The number of benzene rings is 1. The molecule has 18 heavy (non-hydrogen) atoms. The highest BCUT2D eigenvalue weighted by Crippen LogP contribution is 2.30. The first-order valence-corrected chi connectivity index (χ1v) is 5.93. The number of aromatic nitrogens is 1. The van der Waals surface area contributed by atoms with Gasteiger partial charge in [0.1, 0.15) is 0 Å². The van der Waals surface area contributed by atoms with E-state index in [4.69, 9.17) is 40.5 Å². The number of nitrogen functional groups attached to an aromatic ring is 1. The Morgan fingerprint density at radius 1 is 1.11 bits per heavy atom. The Bertz CT molecular complexity index is 581. The molecule has 0 bridgehead atoms. The minimum Gasteiger partial charge on any atom is -0.396 e. The predicted octanol–water partition coefficient (Wildman–Crippen LogP) is 4.51. The van der Waals surface area contributed by atoms with Crippen LogP contribution in [-0.4, -0.2) is 4.98 Å². The Labute approximate surface area is 118 Å². The van der Waals surface area contributed by atoms with Crippen LogP contribution in [-0.2, 0) is 0 Å². The van der Waals surface area contributed by atoms with Crippen LogP contribution >= 0.6 is 34.8 Å². The fourth-order valence-corrected chi connectivity index (χ4v) is 1.98. The second-order valence-electron chi connectivity index (χ2n) is 3.47. The standard InChI is InChI=1S/C11H7Cl3FN3/c12-5-1-9(16)11(17-4-5)18-6-2-7(13)10(15)8(14)3-6/h1-4H,16H2,(H,17,18). The number of rotatable bonds is 2. The van der Waals surface area contributed by atoms with Crippen molar-refractivity contribution >= 4 is 52.0 Å². The van der Waals surface area contributed by atoms with Crippen LogP contribution in [0.2, 0.25) is 15.1 Å². The van der Waals surface area contributed by atoms with Gasteiger partial charge < -0.3 is 11.1 Å². The number of hydrogen-bond acceptors (Lipinski definition) is 3. The van der Waals surface area contributed by atoms with Crippen molar-refractivity contribution in [3.63, 3.8) is 0 Å². The van der Waals surface area contributed by atoms with Gasteiger partial charge in [-0.3, -0.25) is 0 Å². The molecule has 0 radical (unpaired) electrons. The molecule has 0 spiro atoms. The van der Waals surface area contributed by atoms with Gasteiger partial charge in [-0.05, 0) is 18.2 Å². The Morgan fingerprint density at radius 3 is 2.28 bits per heavy atom. The van der Waals surface area contributed by atoms with E-state index in [1.165, 1.54) is 18.3 Å². The quantitative estimate of drug-likeness (QED) is 0.803. The lowest BCUT2D eigenvalue weighted by atomic mass is 10.3. The first-order valence-electron chi connectivity index (χ1n) is 4.80. The predicted molar refractivity (Wildman–Crippen MR) is 73.4 cm³/mol. The molecule has 0 aliphatic rings. The van der Waals surface area contributed by atoms with E-state index >= 15 is 0 Å². The molecule has 1 aromatic heterocycles. The summed E-state index contributed by atoms with van der Waals surface area (Å²) in [5, 5.41) is 3.13. The average Bonchev–Trinajstić information content (AvgIpc) is 2.29. The lowest BCUT2D eigenvalue weighted by Gasteiger charge is -2.09. The van der Waals surface area contributed by atoms with Crippen molar-refractivity contribution < 1.29 is 4.39 Å². The van der Waals surface area contributed by atoms with Gasteiger partial charge in [-0.1, -0.05) is 34.8 Å². The Balaban J connectivity index is 2.34. The second kappa shape index (κ2) is 5.18. The fraction of sp³-hybridized carbons (Fsp3) is 0. The molecule has 0 aliphatic heterocycles. The zero-order chi connectivity index (χ0) is 13.3. The van der Waals surface area contributed by atoms with Gasteiger partial charge in [0.15, 0.2) is 11.6 Å². The van der Waals surface area contributed by atoms with Crippen LogP contribution in [0.4, 0.5) is 21.6 Å². The van der Waals surface area contributed by atoms with Crippen LogP contribution in [0.15, 0.2) is 24.4 Å². The van der Waals surface area contributed by atoms with E-state index in [0.29, 0.717) is 22.2 Å². The van der Waals surface area contributed by atoms with E-state index in [-0.39, 0.29) is 10.0 Å². The molecule has 94 valence electrons. The first-order chi connectivity index (χ1) is 8.47. The van der Waals surface area contributed by atoms with E-state index < -0.39 is 5.82 Å². The minimum atomic E-state index is -0.666. The number of nitrogens with two attached hydrogens (primary N) is 1. The number of nitrogens with zero attached hydrogens (tertiary/aromatic N) is 1. The lowest BCUT2D eigenvalue weighted by molar-refractivity contribution is 0.629. The molecule has 3 N–H and O–H groups in total. The third-order valence-electron chi connectivity index (χ3n) is 2.13. The van der Waals surface area contributed by atoms with Gasteiger partial charge in [-0.2, -0.15) is 0 Å². The third kappa shape index (κ3) is 2.77. The van der Waals surface area contributed by atoms with Gasteiger partial charge >= 0.3 is 0 Å². The summed E-state index contributed by atoms with van der Waals surface area (Å²) < 4.78 is 13.2. The smallest absolute Gasteiger partial charge is 0.160 e. The molecule has 0 fully saturated rings. The van der Waals surface area contributed by atoms with Crippen LogP contribution in [0.3, 0.4) is 0 Å². The molecule has 2 aromatic rings. The molecule has 2 rings (SSSR count). The maximum atomic E-state index is 13.2. The van der Waals surface area contributed by atoms with E-state index in [1.807, 2.05) is 0 Å². The molecule has 3 nitrogen and oxygen atoms in total. The highest BCUT2D eigenvalue weighted by atomic mass is 35.5. The molecule has 0 aliphatic carbocycles. The highest BCUT2D eigenvalue weighted by molar-refractivity contribution is 6.35. The summed E-state index contributed by atoms with van der Waals surface area (Å²) >= 11 is 17.1. The van der Waals surface area contributed by atoms with Gasteiger partial charge in [0.2, 0.25) is 0 Å². The summed E-state index contributed by atoms with van der Waals surface area (Å²) in [5.74, 6) is -0.279. The molecular formula is C11H7Cl3FN3. The van der Waals surface area contributed by atoms with Gasteiger partial charge in [-0.15, -0.1) is 0 Å². The van der Waals surface area contributed by atoms with Gasteiger partial charge in [0, 0.05) is 11.9 Å². The van der Waals surface area contributed by atoms with E-state index in [9.17, 15) is 4.39 Å². The van der Waals surface area contributed by atoms with Crippen molar-refractivity contribution in [2.45, 2.75) is 0 Å². The van der Waals surface area contributed by atoms with Crippen LogP contribution < -0.4 is 11.1 Å². The summed E-state index contributed by atoms with van der Waals surface area (Å²) in [6.45, 7) is 0. The second-order valence-corrected chi connectivity index (χ2v) is 4.72. The summed E-state index contributed by atoms with van der Waals surface area (Å²) in [5.41, 5.74) is 6.57. The van der Waals surface area contributed by atoms with Gasteiger partial charge in [0.25, 0.3) is 0 Å². The molecule has 1 heterocycles. The Hall–Kier alpha value is -1.23. The third-order valence-corrected chi connectivity index (χ3v) is 2.89. The normalized spacial score (nSPS) is 10.4. The zero-order valence-electron chi connectivity index (χ0n) is 8.85. The van der Waals surface area contributed by atoms with E-state index in [0.717, 1.165) is 0 Å². The number of pyridine rings is 1. The summed E-state index contributed by atoms with van der Waals surface area (Å²) in [6.07, 6.45) is 1.44. The summed E-state index contributed by atoms with van der Waals surface area (Å²) in [7, 11) is 0. The molecular weight excluding hydrogens is 299 g/mol. The van der Waals surface area contributed by atoms with Crippen molar-refractivity contribution in [1.82, 2.24) is 4.98 Å². The minimum absolute atomic E-state index is 0.0856. The molecule has 0 amide bonds. The summed E-state index contributed by atoms with van der Waals surface area (Å²) in [4.78, 5) is 4.01. The lowest BCUT2D eigenvalue weighted by Crippen LogP contribution is -1.99. The average molecular weight is 307 g/mol. The van der Waals surface area contributed by atoms with Crippen molar-refractivity contribution in [2.24, 2.45) is 0 Å². The van der Waals surface area contributed by atoms with Gasteiger partial charge in [-0.25, -0.2) is 9.37 Å². The fourth-order valence-electron chi connectivity index (χ4n) is 1.32. The van der Waals surface area contributed by atoms with Crippen LogP contribution in [0.5, 0.6) is 0 Å². The van der Waals surface area contributed by atoms with E-state index in [1.54, 1.807) is 6.07 Å². The van der Waals surface area contributed by atoms with Gasteiger partial charge in [0.05, 0.1) is 20.8 Å². The number of hydrogen-bond donors (Lipinski definition) is 2. The Morgan fingerprint density at radius 2 is 1.72 bits per heavy atom. The summed E-state index contributed by atoms with van der Waals surface area (Å²) in [6, 6.07) is 4.32. The van der Waals surface area contributed by atoms with Crippen LogP contribution in [0.25, 0.3) is 0 Å². The first kappa shape index (κ1) is 13.2. The highest BCUT2D eigenvalue weighted by Gasteiger charge is 2.09. The number of nitrogens with one attached hydrogen (secondary N) is 1. The molecule has 0 unspecified atom stereocenters. The molecule has 1 aromatic carbocycles. The largest absolute Gasteiger partial charge is 0.396 e. The molecule has 7 heteroatoms. The van der Waals surface area contributed by atoms with Crippen molar-refractivity contribution in [1.29, 1.82) is 0 Å². The van der Waals surface area contributed by atoms with Crippen molar-refractivity contribution in [2.75, 3.05) is 11.1 Å². The maximum Gasteiger partial charge on any atom is 0.160 e. The number of anilines is 3. The maximum absolute atomic E-state index is 13.2. The van der Waals surface area contributed by atoms with E-state index in [2.05, 4.69) is 10.3 Å². The van der Waals surface area contributed by atoms with Crippen LogP contribution in [0.1, 0.15) is 0 Å². The Kier molecular flexibility index (Phi) is 3.80. The van der Waals surface area contributed by atoms with Crippen molar-refractivity contribution in [3.05, 3.63) is 45.3 Å². The number of halogens is 4. The SMILES string of the molecule is Nc1cc(Cl)cnc1Nc1cc(Cl)c(F)c(Cl)c1. The molecule has 0 atom stereocenters. The molecule has 0 saturated heterocycles. The monoisotopic (exact) mass is 305 g/mol. The van der Waals surface area contributed by atoms with Crippen molar-refractivity contribution in [3.8, 4) is 0 Å². The zero-order valence-corrected chi connectivity index (χ0v) is 11.1. The topological polar surface area (TPSA) is 50.9 Å². The van der Waals surface area contributed by atoms with Crippen LogP contribution in [0, 0.1) is 5.82 Å². The molecule has 0 saturated carbocycles.